The average Bonchev–Trinajstić information content (AvgIpc) is 2.55. The summed E-state index contributed by atoms with van der Waals surface area (Å²) in [5.41, 5.74) is 5.50. The van der Waals surface area contributed by atoms with E-state index in [9.17, 15) is 4.79 Å². The van der Waals surface area contributed by atoms with Gasteiger partial charge in [0, 0.05) is 19.6 Å². The monoisotopic (exact) mass is 184 g/mol. The summed E-state index contributed by atoms with van der Waals surface area (Å²) in [7, 11) is 1.00. The largest absolute Gasteiger partial charge is 0.400 e. The van der Waals surface area contributed by atoms with E-state index in [0.717, 1.165) is 20.1 Å². The van der Waals surface area contributed by atoms with Crippen LogP contribution in [-0.2, 0) is 4.79 Å². The molecule has 4 heteroatoms. The van der Waals surface area contributed by atoms with Gasteiger partial charge in [0.05, 0.1) is 6.04 Å². The van der Waals surface area contributed by atoms with Crippen molar-refractivity contribution in [3.8, 4) is 12.3 Å². The summed E-state index contributed by atoms with van der Waals surface area (Å²) in [6, 6.07) is -0.274. The van der Waals surface area contributed by atoms with Crippen molar-refractivity contribution in [1.82, 2.24) is 5.32 Å². The number of aliphatic hydroxyl groups is 1. The first-order valence-corrected chi connectivity index (χ1v) is 4.18. The molecule has 1 amide bonds. The fraction of sp³-hybridized carbons (Fsp3) is 0.667. The lowest BCUT2D eigenvalue weighted by molar-refractivity contribution is -0.122. The van der Waals surface area contributed by atoms with Gasteiger partial charge >= 0.3 is 0 Å². The first kappa shape index (κ1) is 11.9. The summed E-state index contributed by atoms with van der Waals surface area (Å²) >= 11 is 0. The third-order valence-corrected chi connectivity index (χ3v) is 1.92. The third kappa shape index (κ3) is 3.92. The first-order valence-electron chi connectivity index (χ1n) is 4.18. The van der Waals surface area contributed by atoms with Gasteiger partial charge in [-0.25, -0.2) is 0 Å². The zero-order valence-electron chi connectivity index (χ0n) is 7.79. The summed E-state index contributed by atoms with van der Waals surface area (Å²) in [6.45, 7) is 0.765. The van der Waals surface area contributed by atoms with Gasteiger partial charge in [0.25, 0.3) is 0 Å². The Morgan fingerprint density at radius 3 is 2.85 bits per heavy atom. The van der Waals surface area contributed by atoms with Crippen molar-refractivity contribution in [2.45, 2.75) is 18.9 Å². The standard InChI is InChI=1S/C8H12N2O.CH4O/c1-2-7(9)5-6-3-4-10-8(6)11;1-2/h1,6-7H,3-5,9H2,(H,10,11);2H,1H3. The van der Waals surface area contributed by atoms with Gasteiger partial charge in [0.15, 0.2) is 0 Å². The third-order valence-electron chi connectivity index (χ3n) is 1.92. The molecule has 1 aliphatic rings. The van der Waals surface area contributed by atoms with E-state index in [0.29, 0.717) is 6.42 Å². The summed E-state index contributed by atoms with van der Waals surface area (Å²) < 4.78 is 0. The molecule has 0 spiro atoms. The summed E-state index contributed by atoms with van der Waals surface area (Å²) in [5.74, 6) is 2.55. The Morgan fingerprint density at radius 2 is 2.46 bits per heavy atom. The molecular weight excluding hydrogens is 168 g/mol. The molecule has 0 aliphatic carbocycles. The fourth-order valence-electron chi connectivity index (χ4n) is 1.24. The van der Waals surface area contributed by atoms with Crippen molar-refractivity contribution in [2.24, 2.45) is 11.7 Å². The number of hydrogen-bond acceptors (Lipinski definition) is 3. The van der Waals surface area contributed by atoms with E-state index >= 15 is 0 Å². The maximum atomic E-state index is 11.0. The van der Waals surface area contributed by atoms with Gasteiger partial charge in [-0.2, -0.15) is 0 Å². The Balaban J connectivity index is 0.000000671. The van der Waals surface area contributed by atoms with E-state index < -0.39 is 0 Å². The highest BCUT2D eigenvalue weighted by atomic mass is 16.2. The van der Waals surface area contributed by atoms with Crippen LogP contribution in [-0.4, -0.2) is 30.7 Å². The lowest BCUT2D eigenvalue weighted by Gasteiger charge is -2.07. The Labute approximate surface area is 78.5 Å². The van der Waals surface area contributed by atoms with E-state index in [1.165, 1.54) is 0 Å². The minimum atomic E-state index is -0.274. The lowest BCUT2D eigenvalue weighted by Crippen LogP contribution is -2.26. The second kappa shape index (κ2) is 6.46. The van der Waals surface area contributed by atoms with Crippen molar-refractivity contribution >= 4 is 5.91 Å². The smallest absolute Gasteiger partial charge is 0.223 e. The molecule has 1 rings (SSSR count). The van der Waals surface area contributed by atoms with E-state index in [4.69, 9.17) is 17.3 Å². The van der Waals surface area contributed by atoms with Crippen LogP contribution in [0.25, 0.3) is 0 Å². The molecule has 2 unspecified atom stereocenters. The van der Waals surface area contributed by atoms with Crippen LogP contribution < -0.4 is 11.1 Å². The molecule has 1 fully saturated rings. The van der Waals surface area contributed by atoms with Crippen LogP contribution in [0.5, 0.6) is 0 Å². The molecular formula is C9H16N2O2. The van der Waals surface area contributed by atoms with E-state index in [1.54, 1.807) is 0 Å². The Kier molecular flexibility index (Phi) is 5.94. The van der Waals surface area contributed by atoms with Crippen LogP contribution in [0.1, 0.15) is 12.8 Å². The highest BCUT2D eigenvalue weighted by Crippen LogP contribution is 2.14. The number of nitrogens with one attached hydrogen (secondary N) is 1. The number of rotatable bonds is 2. The lowest BCUT2D eigenvalue weighted by atomic mass is 9.99. The molecule has 4 N–H and O–H groups in total. The Morgan fingerprint density at radius 1 is 1.85 bits per heavy atom. The SMILES string of the molecule is C#CC(N)CC1CCNC1=O.CO. The molecule has 4 nitrogen and oxygen atoms in total. The fourth-order valence-corrected chi connectivity index (χ4v) is 1.24. The highest BCUT2D eigenvalue weighted by molar-refractivity contribution is 5.80. The predicted octanol–water partition coefficient (Wildman–Crippen LogP) is -0.918. The van der Waals surface area contributed by atoms with Gasteiger partial charge in [-0.05, 0) is 12.8 Å². The molecule has 13 heavy (non-hydrogen) atoms. The minimum Gasteiger partial charge on any atom is -0.400 e. The van der Waals surface area contributed by atoms with Crippen LogP contribution >= 0.6 is 0 Å². The van der Waals surface area contributed by atoms with Gasteiger partial charge in [-0.1, -0.05) is 5.92 Å². The molecule has 74 valence electrons. The number of nitrogens with two attached hydrogens (primary N) is 1. The number of carbonyl (C=O) groups is 1. The van der Waals surface area contributed by atoms with Crippen molar-refractivity contribution in [2.75, 3.05) is 13.7 Å². The van der Waals surface area contributed by atoms with Crippen LogP contribution in [0.3, 0.4) is 0 Å². The maximum absolute atomic E-state index is 11.0. The van der Waals surface area contributed by atoms with E-state index in [-0.39, 0.29) is 17.9 Å². The van der Waals surface area contributed by atoms with Crippen LogP contribution in [0.2, 0.25) is 0 Å². The van der Waals surface area contributed by atoms with Crippen molar-refractivity contribution in [3.05, 3.63) is 0 Å². The molecule has 2 atom stereocenters. The van der Waals surface area contributed by atoms with Crippen LogP contribution in [0.15, 0.2) is 0 Å². The van der Waals surface area contributed by atoms with Gasteiger partial charge in [0.2, 0.25) is 5.91 Å². The second-order valence-electron chi connectivity index (χ2n) is 2.79. The topological polar surface area (TPSA) is 75.3 Å². The number of amides is 1. The Bertz CT molecular complexity index is 198. The van der Waals surface area contributed by atoms with Crippen molar-refractivity contribution < 1.29 is 9.90 Å². The van der Waals surface area contributed by atoms with E-state index in [2.05, 4.69) is 11.2 Å². The van der Waals surface area contributed by atoms with Crippen molar-refractivity contribution in [3.63, 3.8) is 0 Å². The number of aliphatic hydroxyl groups excluding tert-OH is 1. The summed E-state index contributed by atoms with van der Waals surface area (Å²) in [4.78, 5) is 11.0. The normalized spacial score (nSPS) is 22.3. The number of hydrogen-bond donors (Lipinski definition) is 3. The maximum Gasteiger partial charge on any atom is 0.223 e. The first-order chi connectivity index (χ1) is 6.24. The molecule has 0 aromatic carbocycles. The van der Waals surface area contributed by atoms with E-state index in [1.807, 2.05) is 0 Å². The van der Waals surface area contributed by atoms with Crippen molar-refractivity contribution in [1.29, 1.82) is 0 Å². The molecule has 1 saturated heterocycles. The molecule has 0 saturated carbocycles. The summed E-state index contributed by atoms with van der Waals surface area (Å²) in [6.07, 6.45) is 6.57. The molecule has 1 aliphatic heterocycles. The summed E-state index contributed by atoms with van der Waals surface area (Å²) in [5, 5.41) is 9.74. The van der Waals surface area contributed by atoms with Gasteiger partial charge in [-0.3, -0.25) is 4.79 Å². The molecule has 0 radical (unpaired) electrons. The Hall–Kier alpha value is -1.05. The minimum absolute atomic E-state index is 0.0426. The zero-order valence-corrected chi connectivity index (χ0v) is 7.79. The number of terminal acetylenes is 1. The van der Waals surface area contributed by atoms with Gasteiger partial charge in [0.1, 0.15) is 0 Å². The van der Waals surface area contributed by atoms with Crippen LogP contribution in [0.4, 0.5) is 0 Å². The van der Waals surface area contributed by atoms with Gasteiger partial charge in [-0.15, -0.1) is 6.42 Å². The molecule has 1 heterocycles. The quantitative estimate of drug-likeness (QED) is 0.486. The molecule has 0 aromatic rings. The molecule has 0 aromatic heterocycles. The molecule has 0 bridgehead atoms. The predicted molar refractivity (Wildman–Crippen MR) is 50.7 cm³/mol. The average molecular weight is 184 g/mol. The highest BCUT2D eigenvalue weighted by Gasteiger charge is 2.24. The van der Waals surface area contributed by atoms with Crippen LogP contribution in [0, 0.1) is 18.3 Å². The second-order valence-corrected chi connectivity index (χ2v) is 2.79. The number of carbonyl (C=O) groups excluding carboxylic acids is 1. The zero-order chi connectivity index (χ0) is 10.3. The van der Waals surface area contributed by atoms with Gasteiger partial charge < -0.3 is 16.2 Å².